The lowest BCUT2D eigenvalue weighted by atomic mass is 9.96. The summed E-state index contributed by atoms with van der Waals surface area (Å²) in [5.74, 6) is 1.32. The Labute approximate surface area is 119 Å². The van der Waals surface area contributed by atoms with Crippen molar-refractivity contribution in [2.75, 3.05) is 19.6 Å². The zero-order valence-electron chi connectivity index (χ0n) is 11.3. The van der Waals surface area contributed by atoms with Crippen LogP contribution in [0.4, 0.5) is 0 Å². The fraction of sp³-hybridized carbons (Fsp3) is 0.667. The third-order valence-electron chi connectivity index (χ3n) is 4.21. The summed E-state index contributed by atoms with van der Waals surface area (Å²) in [7, 11) is 0. The summed E-state index contributed by atoms with van der Waals surface area (Å²) in [6, 6.07) is 2.21. The molecule has 1 amide bonds. The van der Waals surface area contributed by atoms with Crippen molar-refractivity contribution in [1.29, 1.82) is 0 Å². The van der Waals surface area contributed by atoms with Gasteiger partial charge in [0.2, 0.25) is 5.91 Å². The molecule has 0 aromatic carbocycles. The van der Waals surface area contributed by atoms with Gasteiger partial charge in [-0.1, -0.05) is 0 Å². The molecule has 1 N–H and O–H groups in total. The lowest BCUT2D eigenvalue weighted by Gasteiger charge is -2.31. The normalized spacial score (nSPS) is 21.5. The maximum Gasteiger partial charge on any atom is 0.223 e. The van der Waals surface area contributed by atoms with E-state index >= 15 is 0 Å². The average molecular weight is 278 g/mol. The Balaban J connectivity index is 1.35. The SMILES string of the molecule is O=C(NCC1CCN(Cc2ccsc2)CC1)C1CC1. The van der Waals surface area contributed by atoms with E-state index < -0.39 is 0 Å². The van der Waals surface area contributed by atoms with Gasteiger partial charge in [0.05, 0.1) is 0 Å². The van der Waals surface area contributed by atoms with E-state index in [4.69, 9.17) is 0 Å². The smallest absolute Gasteiger partial charge is 0.223 e. The largest absolute Gasteiger partial charge is 0.356 e. The highest BCUT2D eigenvalue weighted by Gasteiger charge is 2.30. The molecule has 0 bridgehead atoms. The Hall–Kier alpha value is -0.870. The molecule has 0 spiro atoms. The van der Waals surface area contributed by atoms with E-state index in [2.05, 4.69) is 27.0 Å². The predicted molar refractivity (Wildman–Crippen MR) is 78.1 cm³/mol. The Kier molecular flexibility index (Phi) is 4.18. The minimum Gasteiger partial charge on any atom is -0.356 e. The summed E-state index contributed by atoms with van der Waals surface area (Å²) in [4.78, 5) is 14.1. The molecule has 2 fully saturated rings. The number of carbonyl (C=O) groups is 1. The van der Waals surface area contributed by atoms with Crippen LogP contribution in [0, 0.1) is 11.8 Å². The summed E-state index contributed by atoms with van der Waals surface area (Å²) >= 11 is 1.77. The van der Waals surface area contributed by atoms with Crippen molar-refractivity contribution < 1.29 is 4.79 Å². The van der Waals surface area contributed by atoms with Crippen LogP contribution >= 0.6 is 11.3 Å². The molecule has 3 rings (SSSR count). The number of hydrogen-bond donors (Lipinski definition) is 1. The van der Waals surface area contributed by atoms with Gasteiger partial charge in [0.25, 0.3) is 0 Å². The molecule has 0 unspecified atom stereocenters. The highest BCUT2D eigenvalue weighted by atomic mass is 32.1. The molecule has 1 aliphatic carbocycles. The first-order valence-corrected chi connectivity index (χ1v) is 8.26. The topological polar surface area (TPSA) is 32.3 Å². The third-order valence-corrected chi connectivity index (χ3v) is 4.94. The Morgan fingerprint density at radius 1 is 1.32 bits per heavy atom. The fourth-order valence-corrected chi connectivity index (χ4v) is 3.38. The van der Waals surface area contributed by atoms with Crippen molar-refractivity contribution in [2.45, 2.75) is 32.2 Å². The van der Waals surface area contributed by atoms with Gasteiger partial charge in [-0.15, -0.1) is 0 Å². The first-order valence-electron chi connectivity index (χ1n) is 7.32. The number of nitrogens with zero attached hydrogens (tertiary/aromatic N) is 1. The molecule has 1 aliphatic heterocycles. The van der Waals surface area contributed by atoms with Gasteiger partial charge in [0.1, 0.15) is 0 Å². The molecule has 1 aromatic rings. The van der Waals surface area contributed by atoms with Crippen LogP contribution in [-0.2, 0) is 11.3 Å². The quantitative estimate of drug-likeness (QED) is 0.897. The van der Waals surface area contributed by atoms with Gasteiger partial charge >= 0.3 is 0 Å². The predicted octanol–water partition coefficient (Wildman–Crippen LogP) is 2.49. The molecule has 19 heavy (non-hydrogen) atoms. The number of piperidine rings is 1. The van der Waals surface area contributed by atoms with E-state index in [0.29, 0.717) is 17.7 Å². The van der Waals surface area contributed by atoms with Crippen molar-refractivity contribution in [3.8, 4) is 0 Å². The van der Waals surface area contributed by atoms with Crippen LogP contribution in [0.25, 0.3) is 0 Å². The molecule has 104 valence electrons. The van der Waals surface area contributed by atoms with Crippen molar-refractivity contribution in [3.05, 3.63) is 22.4 Å². The molecule has 0 radical (unpaired) electrons. The van der Waals surface area contributed by atoms with Gasteiger partial charge in [0, 0.05) is 19.0 Å². The first kappa shape index (κ1) is 13.1. The second-order valence-electron chi connectivity index (χ2n) is 5.87. The Bertz CT molecular complexity index is 406. The monoisotopic (exact) mass is 278 g/mol. The molecule has 1 aromatic heterocycles. The zero-order valence-corrected chi connectivity index (χ0v) is 12.1. The van der Waals surface area contributed by atoms with Crippen LogP contribution in [0.1, 0.15) is 31.2 Å². The molecule has 1 saturated heterocycles. The summed E-state index contributed by atoms with van der Waals surface area (Å²) in [5, 5.41) is 7.51. The standard InChI is InChI=1S/C15H22N2OS/c18-15(14-1-2-14)16-9-12-3-6-17(7-4-12)10-13-5-8-19-11-13/h5,8,11-12,14H,1-4,6-7,9-10H2,(H,16,18). The number of rotatable bonds is 5. The Morgan fingerprint density at radius 2 is 2.11 bits per heavy atom. The number of thiophene rings is 1. The maximum absolute atomic E-state index is 11.6. The van der Waals surface area contributed by atoms with Gasteiger partial charge < -0.3 is 5.32 Å². The lowest BCUT2D eigenvalue weighted by molar-refractivity contribution is -0.122. The molecule has 1 saturated carbocycles. The van der Waals surface area contributed by atoms with Crippen LogP contribution in [0.15, 0.2) is 16.8 Å². The molecule has 2 aliphatic rings. The van der Waals surface area contributed by atoms with Gasteiger partial charge in [0.15, 0.2) is 0 Å². The van der Waals surface area contributed by atoms with Gasteiger partial charge in [-0.25, -0.2) is 0 Å². The molecule has 4 heteroatoms. The summed E-state index contributed by atoms with van der Waals surface area (Å²) in [6.07, 6.45) is 4.64. The highest BCUT2D eigenvalue weighted by Crippen LogP contribution is 2.29. The number of nitrogens with one attached hydrogen (secondary N) is 1. The number of amides is 1. The van der Waals surface area contributed by atoms with E-state index in [9.17, 15) is 4.79 Å². The molecular formula is C15H22N2OS. The molecular weight excluding hydrogens is 256 g/mol. The number of carbonyl (C=O) groups excluding carboxylic acids is 1. The summed E-state index contributed by atoms with van der Waals surface area (Å²) in [6.45, 7) is 4.31. The van der Waals surface area contributed by atoms with E-state index in [1.165, 1.54) is 31.5 Å². The van der Waals surface area contributed by atoms with Crippen molar-refractivity contribution in [2.24, 2.45) is 11.8 Å². The van der Waals surface area contributed by atoms with E-state index in [0.717, 1.165) is 25.9 Å². The second-order valence-corrected chi connectivity index (χ2v) is 6.65. The number of likely N-dealkylation sites (tertiary alicyclic amines) is 1. The Morgan fingerprint density at radius 3 is 2.74 bits per heavy atom. The van der Waals surface area contributed by atoms with E-state index in [1.54, 1.807) is 11.3 Å². The van der Waals surface area contributed by atoms with E-state index in [1.807, 2.05) is 0 Å². The minimum absolute atomic E-state index is 0.292. The van der Waals surface area contributed by atoms with Gasteiger partial charge in [-0.05, 0) is 67.1 Å². The minimum atomic E-state index is 0.292. The average Bonchev–Trinajstić information content (AvgIpc) is 3.17. The van der Waals surface area contributed by atoms with Crippen LogP contribution in [0.2, 0.25) is 0 Å². The maximum atomic E-state index is 11.6. The molecule has 2 heterocycles. The van der Waals surface area contributed by atoms with Gasteiger partial charge in [-0.2, -0.15) is 11.3 Å². The lowest BCUT2D eigenvalue weighted by Crippen LogP contribution is -2.38. The van der Waals surface area contributed by atoms with Crippen LogP contribution < -0.4 is 5.32 Å². The first-order chi connectivity index (χ1) is 9.31. The number of hydrogen-bond acceptors (Lipinski definition) is 3. The van der Waals surface area contributed by atoms with Crippen LogP contribution in [-0.4, -0.2) is 30.4 Å². The van der Waals surface area contributed by atoms with Crippen LogP contribution in [0.3, 0.4) is 0 Å². The third kappa shape index (κ3) is 3.80. The van der Waals surface area contributed by atoms with Gasteiger partial charge in [-0.3, -0.25) is 9.69 Å². The van der Waals surface area contributed by atoms with Crippen molar-refractivity contribution >= 4 is 17.2 Å². The van der Waals surface area contributed by atoms with Crippen molar-refractivity contribution in [3.63, 3.8) is 0 Å². The summed E-state index contributed by atoms with van der Waals surface area (Å²) in [5.41, 5.74) is 1.44. The zero-order chi connectivity index (χ0) is 13.1. The fourth-order valence-electron chi connectivity index (χ4n) is 2.72. The highest BCUT2D eigenvalue weighted by molar-refractivity contribution is 7.07. The van der Waals surface area contributed by atoms with Crippen molar-refractivity contribution in [1.82, 2.24) is 10.2 Å². The summed E-state index contributed by atoms with van der Waals surface area (Å²) < 4.78 is 0. The second kappa shape index (κ2) is 6.06. The molecule has 0 atom stereocenters. The van der Waals surface area contributed by atoms with E-state index in [-0.39, 0.29) is 0 Å². The van der Waals surface area contributed by atoms with Crippen LogP contribution in [0.5, 0.6) is 0 Å². The molecule has 3 nitrogen and oxygen atoms in total.